The third kappa shape index (κ3) is 6.74. The molecule has 6 aromatic carbocycles. The number of hydrogen-bond acceptors (Lipinski definition) is 4. The molecule has 6 rings (SSSR count). The molecule has 0 saturated heterocycles. The van der Waals surface area contributed by atoms with Crippen molar-refractivity contribution in [3.8, 4) is 0 Å². The summed E-state index contributed by atoms with van der Waals surface area (Å²) in [5, 5.41) is 23.3. The van der Waals surface area contributed by atoms with Gasteiger partial charge in [-0.2, -0.15) is 0 Å². The Balaban J connectivity index is 0.000000181. The summed E-state index contributed by atoms with van der Waals surface area (Å²) in [6.45, 7) is 0. The summed E-state index contributed by atoms with van der Waals surface area (Å²) in [7, 11) is 8.04. The molecule has 0 saturated carbocycles. The predicted octanol–water partition coefficient (Wildman–Crippen LogP) is 8.07. The molecule has 0 aromatic heterocycles. The van der Waals surface area contributed by atoms with Crippen molar-refractivity contribution in [2.75, 3.05) is 38.0 Å². The second-order valence-corrected chi connectivity index (χ2v) is 11.8. The Morgan fingerprint density at radius 3 is 0.696 bits per heavy atom. The van der Waals surface area contributed by atoms with E-state index in [2.05, 4.69) is 0 Å². The molecule has 4 nitrogen and oxygen atoms in total. The smallest absolute Gasteiger partial charge is 0.140 e. The van der Waals surface area contributed by atoms with E-state index in [1.807, 2.05) is 208 Å². The molecule has 0 aliphatic carbocycles. The van der Waals surface area contributed by atoms with Gasteiger partial charge in [-0.3, -0.25) is 0 Å². The number of nitrogens with zero attached hydrogens (tertiary/aromatic N) is 2. The van der Waals surface area contributed by atoms with Crippen molar-refractivity contribution in [3.63, 3.8) is 0 Å². The Morgan fingerprint density at radius 1 is 0.304 bits per heavy atom. The highest BCUT2D eigenvalue weighted by Crippen LogP contribution is 2.38. The fourth-order valence-electron chi connectivity index (χ4n) is 5.72. The van der Waals surface area contributed by atoms with E-state index in [0.717, 1.165) is 44.8 Å². The predicted molar refractivity (Wildman–Crippen MR) is 192 cm³/mol. The zero-order valence-electron chi connectivity index (χ0n) is 27.0. The Morgan fingerprint density at radius 2 is 0.500 bits per heavy atom. The number of anilines is 2. The zero-order valence-corrected chi connectivity index (χ0v) is 27.0. The molecule has 232 valence electrons. The fourth-order valence-corrected chi connectivity index (χ4v) is 5.72. The normalized spacial score (nSPS) is 11.3. The molecular formula is C42H42N2O2. The minimum absolute atomic E-state index is 0.862. The summed E-state index contributed by atoms with van der Waals surface area (Å²) in [4.78, 5) is 4.10. The molecule has 4 heteroatoms. The summed E-state index contributed by atoms with van der Waals surface area (Å²) < 4.78 is 0. The van der Waals surface area contributed by atoms with Gasteiger partial charge in [0.05, 0.1) is 0 Å². The maximum atomic E-state index is 11.6. The average molecular weight is 607 g/mol. The molecule has 0 amide bonds. The van der Waals surface area contributed by atoms with Gasteiger partial charge >= 0.3 is 0 Å². The lowest BCUT2D eigenvalue weighted by Crippen LogP contribution is -2.28. The van der Waals surface area contributed by atoms with Gasteiger partial charge in [-0.1, -0.05) is 146 Å². The van der Waals surface area contributed by atoms with E-state index in [1.54, 1.807) is 0 Å². The molecule has 0 aliphatic heterocycles. The molecule has 0 fully saturated rings. The fraction of sp³-hybridized carbons (Fsp3) is 0.143. The van der Waals surface area contributed by atoms with Crippen molar-refractivity contribution in [1.29, 1.82) is 0 Å². The maximum absolute atomic E-state index is 11.6. The van der Waals surface area contributed by atoms with Gasteiger partial charge in [-0.05, 0) is 57.6 Å². The van der Waals surface area contributed by atoms with E-state index >= 15 is 0 Å². The van der Waals surface area contributed by atoms with E-state index in [-0.39, 0.29) is 0 Å². The molecule has 0 heterocycles. The lowest BCUT2D eigenvalue weighted by atomic mass is 9.80. The summed E-state index contributed by atoms with van der Waals surface area (Å²) >= 11 is 0. The first-order chi connectivity index (χ1) is 22.2. The van der Waals surface area contributed by atoms with Crippen LogP contribution in [0.4, 0.5) is 11.4 Å². The van der Waals surface area contributed by atoms with Crippen LogP contribution in [0.3, 0.4) is 0 Å². The Labute approximate surface area is 273 Å². The first kappa shape index (κ1) is 32.2. The van der Waals surface area contributed by atoms with Gasteiger partial charge in [0.25, 0.3) is 0 Å². The Kier molecular flexibility index (Phi) is 10.0. The molecule has 0 bridgehead atoms. The third-order valence-corrected chi connectivity index (χ3v) is 8.37. The van der Waals surface area contributed by atoms with Crippen molar-refractivity contribution in [3.05, 3.63) is 203 Å². The van der Waals surface area contributed by atoms with Gasteiger partial charge in [-0.25, -0.2) is 0 Å². The highest BCUT2D eigenvalue weighted by molar-refractivity contribution is 5.54. The quantitative estimate of drug-likeness (QED) is 0.172. The monoisotopic (exact) mass is 606 g/mol. The molecule has 0 aliphatic rings. The van der Waals surface area contributed by atoms with Crippen LogP contribution in [0.15, 0.2) is 170 Å². The first-order valence-electron chi connectivity index (χ1n) is 15.5. The molecule has 46 heavy (non-hydrogen) atoms. The molecule has 0 unspecified atom stereocenters. The Hall–Kier alpha value is -5.16. The Bertz CT molecular complexity index is 1560. The SMILES string of the molecule is CN(C)c1ccc(C(O)(c2ccccc2)c2ccccc2)cc1.CN(C)c1ccc(C(O)(c2ccccc2)c2ccccc2)cc1. The van der Waals surface area contributed by atoms with Crippen LogP contribution in [-0.4, -0.2) is 38.4 Å². The number of rotatable bonds is 8. The first-order valence-corrected chi connectivity index (χ1v) is 15.5. The van der Waals surface area contributed by atoms with Gasteiger partial charge in [0.2, 0.25) is 0 Å². The summed E-state index contributed by atoms with van der Waals surface area (Å²) in [6.07, 6.45) is 0. The second kappa shape index (κ2) is 14.3. The largest absolute Gasteiger partial charge is 0.378 e. The molecule has 2 N–H and O–H groups in total. The average Bonchev–Trinajstić information content (AvgIpc) is 3.12. The van der Waals surface area contributed by atoms with Crippen LogP contribution in [0.5, 0.6) is 0 Å². The van der Waals surface area contributed by atoms with Crippen LogP contribution in [0.2, 0.25) is 0 Å². The van der Waals surface area contributed by atoms with Crippen molar-refractivity contribution in [1.82, 2.24) is 0 Å². The lowest BCUT2D eigenvalue weighted by molar-refractivity contribution is 0.125. The van der Waals surface area contributed by atoms with Gasteiger partial charge in [-0.15, -0.1) is 0 Å². The van der Waals surface area contributed by atoms with E-state index in [4.69, 9.17) is 0 Å². The number of benzene rings is 6. The molecule has 6 aromatic rings. The van der Waals surface area contributed by atoms with E-state index in [1.165, 1.54) is 0 Å². The summed E-state index contributed by atoms with van der Waals surface area (Å²) in [6, 6.07) is 55.3. The van der Waals surface area contributed by atoms with Crippen molar-refractivity contribution < 1.29 is 10.2 Å². The van der Waals surface area contributed by atoms with Crippen LogP contribution in [0.1, 0.15) is 33.4 Å². The van der Waals surface area contributed by atoms with Gasteiger partial charge in [0, 0.05) is 39.6 Å². The van der Waals surface area contributed by atoms with Crippen LogP contribution in [-0.2, 0) is 11.2 Å². The second-order valence-electron chi connectivity index (χ2n) is 11.8. The standard InChI is InChI=1S/2C21H21NO/c2*1-22(2)20-15-13-19(14-16-20)21(23,17-9-5-3-6-10-17)18-11-7-4-8-12-18/h2*3-16,23H,1-2H3. The molecule has 0 atom stereocenters. The molecule has 0 spiro atoms. The number of aliphatic hydroxyl groups is 2. The number of hydrogen-bond donors (Lipinski definition) is 2. The van der Waals surface area contributed by atoms with E-state index in [0.29, 0.717) is 0 Å². The maximum Gasteiger partial charge on any atom is 0.140 e. The third-order valence-electron chi connectivity index (χ3n) is 8.37. The minimum atomic E-state index is -1.16. The van der Waals surface area contributed by atoms with Gasteiger partial charge in [0.1, 0.15) is 11.2 Å². The summed E-state index contributed by atoms with van der Waals surface area (Å²) in [5.41, 5.74) is 5.08. The van der Waals surface area contributed by atoms with Crippen LogP contribution in [0, 0.1) is 0 Å². The summed E-state index contributed by atoms with van der Waals surface area (Å²) in [5.74, 6) is 0. The zero-order chi connectivity index (χ0) is 32.6. The van der Waals surface area contributed by atoms with Gasteiger partial charge < -0.3 is 20.0 Å². The minimum Gasteiger partial charge on any atom is -0.378 e. The van der Waals surface area contributed by atoms with Crippen molar-refractivity contribution in [2.45, 2.75) is 11.2 Å². The lowest BCUT2D eigenvalue weighted by Gasteiger charge is -2.30. The molecular weight excluding hydrogens is 564 g/mol. The van der Waals surface area contributed by atoms with E-state index in [9.17, 15) is 10.2 Å². The molecule has 0 radical (unpaired) electrons. The van der Waals surface area contributed by atoms with E-state index < -0.39 is 11.2 Å². The topological polar surface area (TPSA) is 46.9 Å². The highest BCUT2D eigenvalue weighted by atomic mass is 16.3. The van der Waals surface area contributed by atoms with Crippen LogP contribution in [0.25, 0.3) is 0 Å². The van der Waals surface area contributed by atoms with Crippen LogP contribution < -0.4 is 9.80 Å². The van der Waals surface area contributed by atoms with Crippen molar-refractivity contribution in [2.24, 2.45) is 0 Å². The van der Waals surface area contributed by atoms with Crippen molar-refractivity contribution >= 4 is 11.4 Å². The highest BCUT2D eigenvalue weighted by Gasteiger charge is 2.34. The van der Waals surface area contributed by atoms with Gasteiger partial charge in [0.15, 0.2) is 0 Å². The van der Waals surface area contributed by atoms with Crippen LogP contribution >= 0.6 is 0 Å².